The van der Waals surface area contributed by atoms with Crippen molar-refractivity contribution in [3.05, 3.63) is 29.3 Å². The SMILES string of the molecule is CCNC(C)c1ccc(OC)c(CSCC2CCCC2)c1. The van der Waals surface area contributed by atoms with Crippen molar-refractivity contribution in [2.75, 3.05) is 19.4 Å². The van der Waals surface area contributed by atoms with Crippen molar-refractivity contribution in [3.63, 3.8) is 0 Å². The molecule has 0 spiro atoms. The zero-order chi connectivity index (χ0) is 15.1. The molecular formula is C18H29NOS. The van der Waals surface area contributed by atoms with Gasteiger partial charge in [-0.2, -0.15) is 11.8 Å². The Morgan fingerprint density at radius 1 is 1.33 bits per heavy atom. The maximum atomic E-state index is 5.53. The molecule has 0 bridgehead atoms. The Bertz CT molecular complexity index is 429. The van der Waals surface area contributed by atoms with Crippen LogP contribution in [0, 0.1) is 5.92 Å². The highest BCUT2D eigenvalue weighted by Crippen LogP contribution is 2.31. The molecule has 2 nitrogen and oxygen atoms in total. The van der Waals surface area contributed by atoms with Crippen LogP contribution in [-0.4, -0.2) is 19.4 Å². The maximum absolute atomic E-state index is 5.53. The lowest BCUT2D eigenvalue weighted by Crippen LogP contribution is -2.17. The molecule has 1 aromatic carbocycles. The molecule has 2 rings (SSSR count). The number of rotatable bonds is 8. The van der Waals surface area contributed by atoms with Gasteiger partial charge in [-0.05, 0) is 55.7 Å². The van der Waals surface area contributed by atoms with Crippen molar-refractivity contribution >= 4 is 11.8 Å². The Morgan fingerprint density at radius 2 is 2.10 bits per heavy atom. The average Bonchev–Trinajstić information content (AvgIpc) is 3.00. The zero-order valence-corrected chi connectivity index (χ0v) is 14.5. The minimum atomic E-state index is 0.402. The Kier molecular flexibility index (Phi) is 6.91. The van der Waals surface area contributed by atoms with E-state index in [2.05, 4.69) is 49.1 Å². The van der Waals surface area contributed by atoms with Gasteiger partial charge in [0.2, 0.25) is 0 Å². The Balaban J connectivity index is 1.96. The third kappa shape index (κ3) is 4.93. The molecule has 3 heteroatoms. The van der Waals surface area contributed by atoms with Gasteiger partial charge in [-0.3, -0.25) is 0 Å². The van der Waals surface area contributed by atoms with Crippen molar-refractivity contribution in [2.24, 2.45) is 5.92 Å². The predicted molar refractivity (Wildman–Crippen MR) is 93.2 cm³/mol. The molecule has 1 aromatic rings. The number of thioether (sulfide) groups is 1. The van der Waals surface area contributed by atoms with Gasteiger partial charge in [-0.15, -0.1) is 0 Å². The summed E-state index contributed by atoms with van der Waals surface area (Å²) in [5.74, 6) is 4.34. The van der Waals surface area contributed by atoms with E-state index < -0.39 is 0 Å². The summed E-state index contributed by atoms with van der Waals surface area (Å²) in [4.78, 5) is 0. The minimum absolute atomic E-state index is 0.402. The van der Waals surface area contributed by atoms with Gasteiger partial charge in [-0.1, -0.05) is 25.8 Å². The number of nitrogens with one attached hydrogen (secondary N) is 1. The van der Waals surface area contributed by atoms with Crippen LogP contribution in [-0.2, 0) is 5.75 Å². The van der Waals surface area contributed by atoms with Gasteiger partial charge >= 0.3 is 0 Å². The Morgan fingerprint density at radius 3 is 2.76 bits per heavy atom. The van der Waals surface area contributed by atoms with Crippen molar-refractivity contribution in [2.45, 2.75) is 51.3 Å². The highest BCUT2D eigenvalue weighted by atomic mass is 32.2. The maximum Gasteiger partial charge on any atom is 0.122 e. The highest BCUT2D eigenvalue weighted by molar-refractivity contribution is 7.98. The summed E-state index contributed by atoms with van der Waals surface area (Å²) in [7, 11) is 1.77. The van der Waals surface area contributed by atoms with Gasteiger partial charge in [0.25, 0.3) is 0 Å². The number of ether oxygens (including phenoxy) is 1. The van der Waals surface area contributed by atoms with Crippen LogP contribution in [0.15, 0.2) is 18.2 Å². The lowest BCUT2D eigenvalue weighted by Gasteiger charge is -2.16. The van der Waals surface area contributed by atoms with E-state index in [1.54, 1.807) is 7.11 Å². The second-order valence-corrected chi connectivity index (χ2v) is 7.05. The second kappa shape index (κ2) is 8.70. The number of hydrogen-bond donors (Lipinski definition) is 1. The average molecular weight is 308 g/mol. The van der Waals surface area contributed by atoms with E-state index in [1.807, 2.05) is 0 Å². The van der Waals surface area contributed by atoms with Crippen LogP contribution < -0.4 is 10.1 Å². The molecule has 1 atom stereocenters. The quantitative estimate of drug-likeness (QED) is 0.746. The van der Waals surface area contributed by atoms with Gasteiger partial charge < -0.3 is 10.1 Å². The number of methoxy groups -OCH3 is 1. The predicted octanol–water partition coefficient (Wildman–Crippen LogP) is 4.79. The van der Waals surface area contributed by atoms with Crippen LogP contribution in [0.4, 0.5) is 0 Å². The monoisotopic (exact) mass is 307 g/mol. The molecule has 1 unspecified atom stereocenters. The first-order valence-corrected chi connectivity index (χ1v) is 9.38. The highest BCUT2D eigenvalue weighted by Gasteiger charge is 2.15. The van der Waals surface area contributed by atoms with Crippen LogP contribution in [0.1, 0.15) is 56.7 Å². The molecule has 0 radical (unpaired) electrons. The fourth-order valence-corrected chi connectivity index (χ4v) is 4.35. The normalized spacial score (nSPS) is 17.1. The second-order valence-electron chi connectivity index (χ2n) is 6.02. The molecular weight excluding hydrogens is 278 g/mol. The van der Waals surface area contributed by atoms with Crippen molar-refractivity contribution in [1.82, 2.24) is 5.32 Å². The molecule has 1 saturated carbocycles. The van der Waals surface area contributed by atoms with Crippen LogP contribution >= 0.6 is 11.8 Å². The van der Waals surface area contributed by atoms with Gasteiger partial charge in [0, 0.05) is 17.4 Å². The Hall–Kier alpha value is -0.670. The van der Waals surface area contributed by atoms with Crippen molar-refractivity contribution < 1.29 is 4.74 Å². The summed E-state index contributed by atoms with van der Waals surface area (Å²) in [5.41, 5.74) is 2.69. The van der Waals surface area contributed by atoms with E-state index in [1.165, 1.54) is 42.6 Å². The standard InChI is InChI=1S/C18H29NOS/c1-4-19-14(2)16-9-10-18(20-3)17(11-16)13-21-12-15-7-5-6-8-15/h9-11,14-15,19H,4-8,12-13H2,1-3H3. The largest absolute Gasteiger partial charge is 0.496 e. The molecule has 1 aliphatic carbocycles. The minimum Gasteiger partial charge on any atom is -0.496 e. The van der Waals surface area contributed by atoms with E-state index in [9.17, 15) is 0 Å². The summed E-state index contributed by atoms with van der Waals surface area (Å²) in [6, 6.07) is 7.01. The summed E-state index contributed by atoms with van der Waals surface area (Å²) in [6.45, 7) is 5.37. The number of hydrogen-bond acceptors (Lipinski definition) is 3. The zero-order valence-electron chi connectivity index (χ0n) is 13.7. The molecule has 1 N–H and O–H groups in total. The molecule has 1 aliphatic rings. The van der Waals surface area contributed by atoms with Gasteiger partial charge in [-0.25, -0.2) is 0 Å². The van der Waals surface area contributed by atoms with E-state index in [-0.39, 0.29) is 0 Å². The lowest BCUT2D eigenvalue weighted by molar-refractivity contribution is 0.411. The van der Waals surface area contributed by atoms with Crippen LogP contribution in [0.5, 0.6) is 5.75 Å². The molecule has 21 heavy (non-hydrogen) atoms. The topological polar surface area (TPSA) is 21.3 Å². The fraction of sp³-hybridized carbons (Fsp3) is 0.667. The van der Waals surface area contributed by atoms with E-state index >= 15 is 0 Å². The molecule has 1 fully saturated rings. The van der Waals surface area contributed by atoms with Gasteiger partial charge in [0.15, 0.2) is 0 Å². The molecule has 0 amide bonds. The van der Waals surface area contributed by atoms with Crippen LogP contribution in [0.3, 0.4) is 0 Å². The van der Waals surface area contributed by atoms with E-state index in [4.69, 9.17) is 4.74 Å². The lowest BCUT2D eigenvalue weighted by atomic mass is 10.0. The molecule has 0 aliphatic heterocycles. The van der Waals surface area contributed by atoms with Crippen LogP contribution in [0.2, 0.25) is 0 Å². The summed E-state index contributed by atoms with van der Waals surface area (Å²) < 4.78 is 5.53. The third-order valence-corrected chi connectivity index (χ3v) is 5.62. The summed E-state index contributed by atoms with van der Waals surface area (Å²) in [5, 5.41) is 3.48. The fourth-order valence-electron chi connectivity index (χ4n) is 3.12. The molecule has 0 saturated heterocycles. The smallest absolute Gasteiger partial charge is 0.122 e. The molecule has 0 aromatic heterocycles. The van der Waals surface area contributed by atoms with E-state index in [0.29, 0.717) is 6.04 Å². The molecule has 0 heterocycles. The first-order valence-electron chi connectivity index (χ1n) is 8.22. The summed E-state index contributed by atoms with van der Waals surface area (Å²) in [6.07, 6.45) is 5.73. The van der Waals surface area contributed by atoms with Gasteiger partial charge in [0.05, 0.1) is 7.11 Å². The Labute approximate surface area is 134 Å². The van der Waals surface area contributed by atoms with Crippen molar-refractivity contribution in [1.29, 1.82) is 0 Å². The van der Waals surface area contributed by atoms with E-state index in [0.717, 1.165) is 24.0 Å². The van der Waals surface area contributed by atoms with Gasteiger partial charge in [0.1, 0.15) is 5.75 Å². The summed E-state index contributed by atoms with van der Waals surface area (Å²) >= 11 is 2.07. The molecule has 118 valence electrons. The first-order chi connectivity index (χ1) is 10.2. The number of benzene rings is 1. The van der Waals surface area contributed by atoms with Crippen LogP contribution in [0.25, 0.3) is 0 Å². The third-order valence-electron chi connectivity index (χ3n) is 4.40. The van der Waals surface area contributed by atoms with Crippen molar-refractivity contribution in [3.8, 4) is 5.75 Å². The first kappa shape index (κ1) is 16.7.